The maximum Gasteiger partial charge on any atom is 0.270 e. The molecule has 1 heterocycles. The summed E-state index contributed by atoms with van der Waals surface area (Å²) >= 11 is 1.20. The van der Waals surface area contributed by atoms with Crippen LogP contribution in [0.25, 0.3) is 5.69 Å². The van der Waals surface area contributed by atoms with Gasteiger partial charge in [0.1, 0.15) is 0 Å². The number of nitrogens with zero attached hydrogens (tertiary/aromatic N) is 6. The van der Waals surface area contributed by atoms with Crippen LogP contribution in [0, 0.1) is 10.1 Å². The van der Waals surface area contributed by atoms with Gasteiger partial charge in [-0.15, -0.1) is 5.10 Å². The average molecular weight is 427 g/mol. The van der Waals surface area contributed by atoms with Crippen molar-refractivity contribution in [3.63, 3.8) is 0 Å². The molecule has 10 heteroatoms. The van der Waals surface area contributed by atoms with E-state index in [-0.39, 0.29) is 17.2 Å². The number of carbonyl (C=O) groups excluding carboxylic acids is 1. The van der Waals surface area contributed by atoms with Crippen LogP contribution in [0.3, 0.4) is 0 Å². The summed E-state index contributed by atoms with van der Waals surface area (Å²) in [5.74, 6) is -0.240. The first-order chi connectivity index (χ1) is 14.5. The molecular weight excluding hydrogens is 404 g/mol. The van der Waals surface area contributed by atoms with Gasteiger partial charge in [-0.1, -0.05) is 31.5 Å². The second-order valence-electron chi connectivity index (χ2n) is 6.49. The molecule has 156 valence electrons. The third-order valence-electron chi connectivity index (χ3n) is 4.50. The molecule has 2 aromatic carbocycles. The highest BCUT2D eigenvalue weighted by Crippen LogP contribution is 2.33. The minimum Gasteiger partial charge on any atom is -0.339 e. The summed E-state index contributed by atoms with van der Waals surface area (Å²) in [5, 5.41) is 23.6. The third kappa shape index (κ3) is 4.82. The lowest BCUT2D eigenvalue weighted by molar-refractivity contribution is -0.384. The average Bonchev–Trinajstić information content (AvgIpc) is 3.23. The Morgan fingerprint density at radius 1 is 1.20 bits per heavy atom. The molecule has 3 rings (SSSR count). The van der Waals surface area contributed by atoms with Gasteiger partial charge < -0.3 is 4.90 Å². The largest absolute Gasteiger partial charge is 0.339 e. The van der Waals surface area contributed by atoms with Crippen LogP contribution in [0.1, 0.15) is 37.0 Å². The minimum atomic E-state index is -0.498. The van der Waals surface area contributed by atoms with Crippen molar-refractivity contribution < 1.29 is 9.72 Å². The molecule has 0 fully saturated rings. The summed E-state index contributed by atoms with van der Waals surface area (Å²) < 4.78 is 1.56. The lowest BCUT2D eigenvalue weighted by Gasteiger charge is -2.21. The number of nitro groups is 1. The first-order valence-electron chi connectivity index (χ1n) is 9.64. The molecule has 0 saturated carbocycles. The fraction of sp³-hybridized carbons (Fsp3) is 0.300. The molecule has 0 spiro atoms. The van der Waals surface area contributed by atoms with Crippen molar-refractivity contribution in [3.8, 4) is 5.69 Å². The molecule has 1 aromatic heterocycles. The van der Waals surface area contributed by atoms with E-state index in [1.165, 1.54) is 23.9 Å². The zero-order valence-corrected chi connectivity index (χ0v) is 17.6. The van der Waals surface area contributed by atoms with Gasteiger partial charge in [0.05, 0.1) is 16.2 Å². The van der Waals surface area contributed by atoms with Crippen molar-refractivity contribution in [1.29, 1.82) is 0 Å². The fourth-order valence-corrected chi connectivity index (χ4v) is 3.78. The van der Waals surface area contributed by atoms with Gasteiger partial charge in [0.25, 0.3) is 11.6 Å². The SMILES string of the molecule is CCCCN(CC)C(=O)c1cc([N+](=O)[O-])ccc1Sc1nnnn1-c1ccccc1. The van der Waals surface area contributed by atoms with E-state index in [1.54, 1.807) is 15.6 Å². The van der Waals surface area contributed by atoms with Crippen LogP contribution >= 0.6 is 11.8 Å². The highest BCUT2D eigenvalue weighted by atomic mass is 32.2. The molecular formula is C20H22N6O3S. The van der Waals surface area contributed by atoms with E-state index in [0.29, 0.717) is 23.1 Å². The molecule has 0 bridgehead atoms. The summed E-state index contributed by atoms with van der Waals surface area (Å²) in [6.07, 6.45) is 1.81. The standard InChI is InChI=1S/C20H22N6O3S/c1-3-5-13-24(4-2)19(27)17-14-16(26(28)29)11-12-18(17)30-20-21-22-23-25(20)15-9-7-6-8-10-15/h6-12,14H,3-5,13H2,1-2H3. The Morgan fingerprint density at radius 3 is 2.63 bits per heavy atom. The maximum atomic E-state index is 13.2. The van der Waals surface area contributed by atoms with Gasteiger partial charge in [-0.05, 0) is 53.7 Å². The minimum absolute atomic E-state index is 0.128. The van der Waals surface area contributed by atoms with Crippen molar-refractivity contribution in [2.75, 3.05) is 13.1 Å². The van der Waals surface area contributed by atoms with Crippen molar-refractivity contribution >= 4 is 23.4 Å². The Labute approximate surface area is 178 Å². The number of aromatic nitrogens is 4. The Bertz CT molecular complexity index is 1020. The topological polar surface area (TPSA) is 107 Å². The lowest BCUT2D eigenvalue weighted by Crippen LogP contribution is -2.32. The number of hydrogen-bond donors (Lipinski definition) is 0. The maximum absolute atomic E-state index is 13.2. The number of carbonyl (C=O) groups is 1. The first-order valence-corrected chi connectivity index (χ1v) is 10.5. The molecule has 30 heavy (non-hydrogen) atoms. The number of nitro benzene ring substituents is 1. The van der Waals surface area contributed by atoms with Crippen LogP contribution in [0.2, 0.25) is 0 Å². The van der Waals surface area contributed by atoms with E-state index in [2.05, 4.69) is 22.4 Å². The normalized spacial score (nSPS) is 10.7. The van der Waals surface area contributed by atoms with Crippen molar-refractivity contribution in [1.82, 2.24) is 25.1 Å². The highest BCUT2D eigenvalue weighted by molar-refractivity contribution is 7.99. The second-order valence-corrected chi connectivity index (χ2v) is 7.50. The van der Waals surface area contributed by atoms with Crippen molar-refractivity contribution in [3.05, 3.63) is 64.2 Å². The number of amides is 1. The molecule has 1 amide bonds. The number of non-ortho nitro benzene ring substituents is 1. The van der Waals surface area contributed by atoms with Crippen LogP contribution in [-0.4, -0.2) is 49.0 Å². The Morgan fingerprint density at radius 2 is 1.97 bits per heavy atom. The molecule has 0 saturated heterocycles. The Hall–Kier alpha value is -3.27. The van der Waals surface area contributed by atoms with Crippen molar-refractivity contribution in [2.24, 2.45) is 0 Å². The van der Waals surface area contributed by atoms with E-state index in [0.717, 1.165) is 18.5 Å². The van der Waals surface area contributed by atoms with Gasteiger partial charge in [-0.3, -0.25) is 14.9 Å². The van der Waals surface area contributed by atoms with Crippen LogP contribution in [0.5, 0.6) is 0 Å². The quantitative estimate of drug-likeness (QED) is 0.376. The summed E-state index contributed by atoms with van der Waals surface area (Å²) in [5.41, 5.74) is 0.921. The number of tetrazole rings is 1. The summed E-state index contributed by atoms with van der Waals surface area (Å²) in [6.45, 7) is 5.07. The van der Waals surface area contributed by atoms with Gasteiger partial charge in [-0.2, -0.15) is 4.68 Å². The highest BCUT2D eigenvalue weighted by Gasteiger charge is 2.23. The number of hydrogen-bond acceptors (Lipinski definition) is 7. The Kier molecular flexibility index (Phi) is 7.12. The van der Waals surface area contributed by atoms with Crippen molar-refractivity contribution in [2.45, 2.75) is 36.7 Å². The first kappa shape index (κ1) is 21.4. The van der Waals surface area contributed by atoms with Crippen LogP contribution in [-0.2, 0) is 0 Å². The second kappa shape index (κ2) is 9.97. The fourth-order valence-electron chi connectivity index (χ4n) is 2.88. The predicted octanol–water partition coefficient (Wildman–Crippen LogP) is 3.98. The van der Waals surface area contributed by atoms with Crippen LogP contribution < -0.4 is 0 Å². The van der Waals surface area contributed by atoms with Crippen LogP contribution in [0.4, 0.5) is 5.69 Å². The van der Waals surface area contributed by atoms with E-state index in [9.17, 15) is 14.9 Å². The van der Waals surface area contributed by atoms with Gasteiger partial charge in [0.2, 0.25) is 5.16 Å². The molecule has 9 nitrogen and oxygen atoms in total. The number of para-hydroxylation sites is 1. The van der Waals surface area contributed by atoms with E-state index >= 15 is 0 Å². The number of rotatable bonds is 9. The molecule has 3 aromatic rings. The molecule has 0 unspecified atom stereocenters. The summed E-state index contributed by atoms with van der Waals surface area (Å²) in [7, 11) is 0. The lowest BCUT2D eigenvalue weighted by atomic mass is 10.1. The molecule has 0 aliphatic carbocycles. The van der Waals surface area contributed by atoms with Gasteiger partial charge in [0, 0.05) is 30.1 Å². The van der Waals surface area contributed by atoms with Gasteiger partial charge in [0.15, 0.2) is 0 Å². The van der Waals surface area contributed by atoms with E-state index in [4.69, 9.17) is 0 Å². The smallest absolute Gasteiger partial charge is 0.270 e. The number of unbranched alkanes of at least 4 members (excludes halogenated alkanes) is 1. The third-order valence-corrected chi connectivity index (χ3v) is 5.51. The molecule has 0 aliphatic heterocycles. The molecule has 0 radical (unpaired) electrons. The number of benzene rings is 2. The Balaban J connectivity index is 1.99. The molecule has 0 atom stereocenters. The van der Waals surface area contributed by atoms with Gasteiger partial charge >= 0.3 is 0 Å². The molecule has 0 N–H and O–H groups in total. The van der Waals surface area contributed by atoms with E-state index < -0.39 is 4.92 Å². The van der Waals surface area contributed by atoms with Gasteiger partial charge in [-0.25, -0.2) is 0 Å². The summed E-state index contributed by atoms with van der Waals surface area (Å²) in [4.78, 5) is 26.2. The monoisotopic (exact) mass is 426 g/mol. The summed E-state index contributed by atoms with van der Waals surface area (Å²) in [6, 6.07) is 13.7. The van der Waals surface area contributed by atoms with E-state index in [1.807, 2.05) is 37.3 Å². The van der Waals surface area contributed by atoms with Crippen LogP contribution in [0.15, 0.2) is 58.6 Å². The predicted molar refractivity (Wildman–Crippen MR) is 113 cm³/mol. The zero-order chi connectivity index (χ0) is 21.5. The molecule has 0 aliphatic rings. The zero-order valence-electron chi connectivity index (χ0n) is 16.8.